The van der Waals surface area contributed by atoms with Gasteiger partial charge in [0, 0.05) is 23.9 Å². The molecule has 0 aliphatic rings. The Labute approximate surface area is 187 Å². The van der Waals surface area contributed by atoms with Gasteiger partial charge < -0.3 is 34.0 Å². The molecule has 32 heavy (non-hydrogen) atoms. The lowest BCUT2D eigenvalue weighted by atomic mass is 10.1. The van der Waals surface area contributed by atoms with Crippen molar-refractivity contribution in [3.63, 3.8) is 0 Å². The molecule has 0 saturated carbocycles. The first-order valence-electron chi connectivity index (χ1n) is 9.89. The summed E-state index contributed by atoms with van der Waals surface area (Å²) in [7, 11) is 7.88. The number of carbonyl (C=O) groups excluding carboxylic acids is 1. The summed E-state index contributed by atoms with van der Waals surface area (Å²) in [6, 6.07) is 11.1. The van der Waals surface area contributed by atoms with Crippen LogP contribution >= 0.6 is 0 Å². The lowest BCUT2D eigenvalue weighted by Gasteiger charge is -2.18. The van der Waals surface area contributed by atoms with Crippen LogP contribution in [0.1, 0.15) is 21.6 Å². The Hall–Kier alpha value is -3.81. The summed E-state index contributed by atoms with van der Waals surface area (Å²) in [5.41, 5.74) is 9.30. The second-order valence-corrected chi connectivity index (χ2v) is 7.08. The molecule has 0 aliphatic carbocycles. The summed E-state index contributed by atoms with van der Waals surface area (Å²) in [6.45, 7) is 2.29. The molecule has 0 atom stereocenters. The molecule has 1 amide bonds. The van der Waals surface area contributed by atoms with Gasteiger partial charge in [-0.1, -0.05) is 0 Å². The summed E-state index contributed by atoms with van der Waals surface area (Å²) in [6.07, 6.45) is 0. The molecule has 1 aromatic heterocycles. The number of amides is 1. The molecule has 0 radical (unpaired) electrons. The van der Waals surface area contributed by atoms with Gasteiger partial charge in [-0.3, -0.25) is 4.79 Å². The number of benzene rings is 2. The highest BCUT2D eigenvalue weighted by molar-refractivity contribution is 5.96. The van der Waals surface area contributed by atoms with Crippen LogP contribution in [0.2, 0.25) is 0 Å². The monoisotopic (exact) mass is 440 g/mol. The zero-order chi connectivity index (χ0) is 23.4. The van der Waals surface area contributed by atoms with Crippen molar-refractivity contribution < 1.29 is 28.5 Å². The Balaban J connectivity index is 2.19. The Bertz CT molecular complexity index is 1110. The van der Waals surface area contributed by atoms with Crippen LogP contribution < -0.4 is 29.4 Å². The van der Waals surface area contributed by atoms with E-state index < -0.39 is 5.91 Å². The highest BCUT2D eigenvalue weighted by Gasteiger charge is 2.21. The van der Waals surface area contributed by atoms with Crippen molar-refractivity contribution in [1.82, 2.24) is 4.57 Å². The second kappa shape index (κ2) is 9.55. The van der Waals surface area contributed by atoms with Gasteiger partial charge in [0.1, 0.15) is 11.5 Å². The van der Waals surface area contributed by atoms with Crippen molar-refractivity contribution in [2.75, 3.05) is 35.5 Å². The molecule has 3 aromatic rings. The highest BCUT2D eigenvalue weighted by atomic mass is 16.5. The fourth-order valence-electron chi connectivity index (χ4n) is 3.74. The lowest BCUT2D eigenvalue weighted by Crippen LogP contribution is -2.13. The first-order valence-corrected chi connectivity index (χ1v) is 9.89. The van der Waals surface area contributed by atoms with Gasteiger partial charge >= 0.3 is 0 Å². The minimum atomic E-state index is -0.500. The van der Waals surface area contributed by atoms with Crippen LogP contribution in [0.4, 0.5) is 0 Å². The van der Waals surface area contributed by atoms with Gasteiger partial charge in [-0.25, -0.2) is 0 Å². The fraction of sp³-hybridized carbons (Fsp3) is 0.292. The Kier molecular flexibility index (Phi) is 6.82. The molecule has 170 valence electrons. The summed E-state index contributed by atoms with van der Waals surface area (Å²) in [4.78, 5) is 12.1. The van der Waals surface area contributed by atoms with E-state index in [1.165, 1.54) is 0 Å². The van der Waals surface area contributed by atoms with Gasteiger partial charge in [-0.05, 0) is 42.8 Å². The minimum absolute atomic E-state index is 0.431. The molecule has 0 bridgehead atoms. The summed E-state index contributed by atoms with van der Waals surface area (Å²) in [5.74, 6) is 2.39. The van der Waals surface area contributed by atoms with E-state index in [-0.39, 0.29) is 0 Å². The van der Waals surface area contributed by atoms with Crippen molar-refractivity contribution in [3.05, 3.63) is 53.2 Å². The second-order valence-electron chi connectivity index (χ2n) is 7.08. The number of carbonyl (C=O) groups is 1. The third kappa shape index (κ3) is 4.16. The maximum atomic E-state index is 12.1. The highest BCUT2D eigenvalue weighted by Crippen LogP contribution is 2.40. The molecule has 0 fully saturated rings. The molecule has 8 heteroatoms. The predicted molar refractivity (Wildman–Crippen MR) is 121 cm³/mol. The number of aromatic nitrogens is 1. The number of hydrogen-bond acceptors (Lipinski definition) is 6. The molecule has 0 aliphatic heterocycles. The number of rotatable bonds is 9. The molecule has 0 saturated heterocycles. The van der Waals surface area contributed by atoms with Crippen LogP contribution in [0.5, 0.6) is 28.7 Å². The first kappa shape index (κ1) is 22.9. The summed E-state index contributed by atoms with van der Waals surface area (Å²) >= 11 is 0. The number of ether oxygens (including phenoxy) is 5. The average molecular weight is 440 g/mol. The van der Waals surface area contributed by atoms with Gasteiger partial charge in [0.25, 0.3) is 5.91 Å². The number of primary amides is 1. The number of hydrogen-bond donors (Lipinski definition) is 1. The largest absolute Gasteiger partial charge is 0.497 e. The van der Waals surface area contributed by atoms with Gasteiger partial charge in [0.15, 0.2) is 11.5 Å². The van der Waals surface area contributed by atoms with E-state index in [9.17, 15) is 4.79 Å². The van der Waals surface area contributed by atoms with E-state index in [0.717, 1.165) is 22.5 Å². The molecule has 8 nitrogen and oxygen atoms in total. The van der Waals surface area contributed by atoms with Gasteiger partial charge in [0.2, 0.25) is 5.75 Å². The average Bonchev–Trinajstić information content (AvgIpc) is 3.13. The van der Waals surface area contributed by atoms with Crippen molar-refractivity contribution in [1.29, 1.82) is 0 Å². The van der Waals surface area contributed by atoms with E-state index in [2.05, 4.69) is 0 Å². The van der Waals surface area contributed by atoms with E-state index in [1.54, 1.807) is 47.7 Å². The lowest BCUT2D eigenvalue weighted by molar-refractivity contribution is 0.0999. The van der Waals surface area contributed by atoms with Crippen LogP contribution in [0.3, 0.4) is 0 Å². The number of nitrogens with zero attached hydrogens (tertiary/aromatic N) is 1. The topological polar surface area (TPSA) is 94.2 Å². The van der Waals surface area contributed by atoms with Crippen molar-refractivity contribution in [2.24, 2.45) is 5.73 Å². The minimum Gasteiger partial charge on any atom is -0.497 e. The SMILES string of the molecule is COc1ccc(-c2cc(C(N)=O)c(C)n2Cc2cc(OC)c(OC)c(OC)c2)c(OC)c1. The molecule has 2 N–H and O–H groups in total. The first-order chi connectivity index (χ1) is 15.4. The van der Waals surface area contributed by atoms with Crippen molar-refractivity contribution >= 4 is 5.91 Å². The smallest absolute Gasteiger partial charge is 0.250 e. The molecular formula is C24H28N2O6. The number of methoxy groups -OCH3 is 5. The van der Waals surface area contributed by atoms with E-state index in [1.807, 2.05) is 35.8 Å². The fourth-order valence-corrected chi connectivity index (χ4v) is 3.74. The summed E-state index contributed by atoms with van der Waals surface area (Å²) in [5, 5.41) is 0. The van der Waals surface area contributed by atoms with E-state index >= 15 is 0 Å². The Morgan fingerprint density at radius 1 is 0.844 bits per heavy atom. The Morgan fingerprint density at radius 2 is 1.47 bits per heavy atom. The molecular weight excluding hydrogens is 412 g/mol. The summed E-state index contributed by atoms with van der Waals surface area (Å²) < 4.78 is 29.3. The standard InChI is InChI=1S/C24H28N2O6/c1-14-18(24(25)27)12-19(17-8-7-16(28-2)11-20(17)29-3)26(14)13-15-9-21(30-4)23(32-6)22(10-15)31-5/h7-12H,13H2,1-6H3,(H2,25,27). The van der Waals surface area contributed by atoms with Gasteiger partial charge in [0.05, 0.1) is 46.8 Å². The third-order valence-electron chi connectivity index (χ3n) is 5.38. The molecule has 2 aromatic carbocycles. The van der Waals surface area contributed by atoms with Crippen LogP contribution in [0.25, 0.3) is 11.3 Å². The van der Waals surface area contributed by atoms with Crippen molar-refractivity contribution in [3.8, 4) is 40.0 Å². The molecule has 0 unspecified atom stereocenters. The van der Waals surface area contributed by atoms with E-state index in [4.69, 9.17) is 29.4 Å². The van der Waals surface area contributed by atoms with Crippen LogP contribution in [0, 0.1) is 6.92 Å². The number of nitrogens with two attached hydrogens (primary N) is 1. The quantitative estimate of drug-likeness (QED) is 0.546. The van der Waals surface area contributed by atoms with Crippen LogP contribution in [-0.4, -0.2) is 46.0 Å². The van der Waals surface area contributed by atoms with Crippen LogP contribution in [0.15, 0.2) is 36.4 Å². The third-order valence-corrected chi connectivity index (χ3v) is 5.38. The van der Waals surface area contributed by atoms with Gasteiger partial charge in [-0.2, -0.15) is 0 Å². The molecule has 0 spiro atoms. The zero-order valence-corrected chi connectivity index (χ0v) is 19.1. The molecule has 3 rings (SSSR count). The maximum Gasteiger partial charge on any atom is 0.250 e. The van der Waals surface area contributed by atoms with Crippen LogP contribution in [-0.2, 0) is 6.54 Å². The zero-order valence-electron chi connectivity index (χ0n) is 19.1. The molecule has 1 heterocycles. The van der Waals surface area contributed by atoms with E-state index in [0.29, 0.717) is 40.9 Å². The maximum absolute atomic E-state index is 12.1. The van der Waals surface area contributed by atoms with Gasteiger partial charge in [-0.15, -0.1) is 0 Å². The predicted octanol–water partition coefficient (Wildman–Crippen LogP) is 3.65. The normalized spacial score (nSPS) is 10.6. The Morgan fingerprint density at radius 3 is 1.97 bits per heavy atom. The van der Waals surface area contributed by atoms with Crippen molar-refractivity contribution in [2.45, 2.75) is 13.5 Å².